The Bertz CT molecular complexity index is 522. The third kappa shape index (κ3) is 6.48. The van der Waals surface area contributed by atoms with Crippen molar-refractivity contribution >= 4 is 17.8 Å². The maximum Gasteiger partial charge on any atom is 0.234 e. The topological polar surface area (TPSA) is 89.1 Å². The van der Waals surface area contributed by atoms with E-state index in [0.29, 0.717) is 25.0 Å². The molecule has 1 aliphatic heterocycles. The number of carbonyl (C=O) groups excluding carboxylic acids is 2. The zero-order valence-electron chi connectivity index (χ0n) is 15.8. The second-order valence-electron chi connectivity index (χ2n) is 7.52. The molecule has 1 heterocycles. The molecule has 2 aliphatic carbocycles. The number of nitrogens with one attached hydrogen (secondary N) is 3. The molecule has 8 nitrogen and oxygen atoms in total. The lowest BCUT2D eigenvalue weighted by Gasteiger charge is -2.36. The number of hydrogen-bond acceptors (Lipinski definition) is 4. The number of rotatable bonds is 8. The van der Waals surface area contributed by atoms with Crippen molar-refractivity contribution in [3.05, 3.63) is 0 Å². The summed E-state index contributed by atoms with van der Waals surface area (Å²) < 4.78 is 0. The third-order valence-corrected chi connectivity index (χ3v) is 5.00. The average Bonchev–Trinajstić information content (AvgIpc) is 3.53. The maximum atomic E-state index is 11.9. The summed E-state index contributed by atoms with van der Waals surface area (Å²) in [7, 11) is 1.79. The van der Waals surface area contributed by atoms with E-state index in [1.165, 1.54) is 0 Å². The van der Waals surface area contributed by atoms with Crippen molar-refractivity contribution in [1.29, 1.82) is 0 Å². The normalized spacial score (nSPS) is 21.4. The second-order valence-corrected chi connectivity index (χ2v) is 7.52. The Morgan fingerprint density at radius 2 is 1.58 bits per heavy atom. The number of piperazine rings is 1. The van der Waals surface area contributed by atoms with Gasteiger partial charge in [0.25, 0.3) is 0 Å². The summed E-state index contributed by atoms with van der Waals surface area (Å²) in [6.07, 6.45) is 5.88. The highest BCUT2D eigenvalue weighted by Gasteiger charge is 2.26. The zero-order chi connectivity index (χ0) is 18.4. The molecular weight excluding hydrogens is 332 g/mol. The summed E-state index contributed by atoms with van der Waals surface area (Å²) in [6, 6.07) is 0.865. The van der Waals surface area contributed by atoms with E-state index in [2.05, 4.69) is 30.7 Å². The summed E-state index contributed by atoms with van der Waals surface area (Å²) in [5.41, 5.74) is 0. The molecule has 3 rings (SSSR count). The van der Waals surface area contributed by atoms with Crippen LogP contribution < -0.4 is 16.0 Å². The van der Waals surface area contributed by atoms with Crippen molar-refractivity contribution in [3.63, 3.8) is 0 Å². The van der Waals surface area contributed by atoms with Gasteiger partial charge in [-0.1, -0.05) is 0 Å². The van der Waals surface area contributed by atoms with Gasteiger partial charge >= 0.3 is 0 Å². The van der Waals surface area contributed by atoms with Crippen LogP contribution >= 0.6 is 0 Å². The highest BCUT2D eigenvalue weighted by Crippen LogP contribution is 2.19. The molecule has 3 N–H and O–H groups in total. The third-order valence-electron chi connectivity index (χ3n) is 5.00. The van der Waals surface area contributed by atoms with Crippen LogP contribution in [0.2, 0.25) is 0 Å². The first-order chi connectivity index (χ1) is 12.6. The average molecular weight is 364 g/mol. The molecule has 2 amide bonds. The number of amides is 2. The molecule has 2 saturated carbocycles. The molecule has 0 aromatic rings. The van der Waals surface area contributed by atoms with Gasteiger partial charge in [0.15, 0.2) is 5.96 Å². The Balaban J connectivity index is 1.28. The van der Waals surface area contributed by atoms with E-state index in [1.54, 1.807) is 7.05 Å². The summed E-state index contributed by atoms with van der Waals surface area (Å²) in [5, 5.41) is 9.40. The lowest BCUT2D eigenvalue weighted by molar-refractivity contribution is -0.123. The van der Waals surface area contributed by atoms with Crippen LogP contribution in [0.3, 0.4) is 0 Å². The molecule has 146 valence electrons. The number of aliphatic imine (C=N–C) groups is 1. The number of hydrogen-bond donors (Lipinski definition) is 3. The minimum absolute atomic E-state index is 0.146. The molecule has 0 atom stereocenters. The van der Waals surface area contributed by atoms with Gasteiger partial charge in [0.05, 0.1) is 6.54 Å². The highest BCUT2D eigenvalue weighted by atomic mass is 16.2. The Hall–Kier alpha value is -1.83. The van der Waals surface area contributed by atoms with Gasteiger partial charge in [0.1, 0.15) is 0 Å². The van der Waals surface area contributed by atoms with Gasteiger partial charge in [-0.15, -0.1) is 0 Å². The van der Waals surface area contributed by atoms with Crippen molar-refractivity contribution in [2.24, 2.45) is 4.99 Å². The number of guanidine groups is 1. The van der Waals surface area contributed by atoms with Gasteiger partial charge in [0.2, 0.25) is 11.8 Å². The van der Waals surface area contributed by atoms with E-state index in [1.807, 2.05) is 0 Å². The van der Waals surface area contributed by atoms with Crippen molar-refractivity contribution in [2.75, 3.05) is 46.3 Å². The van der Waals surface area contributed by atoms with E-state index in [9.17, 15) is 9.59 Å². The highest BCUT2D eigenvalue weighted by molar-refractivity contribution is 5.80. The van der Waals surface area contributed by atoms with Crippen molar-refractivity contribution in [3.8, 4) is 0 Å². The maximum absolute atomic E-state index is 11.9. The van der Waals surface area contributed by atoms with Gasteiger partial charge in [0, 0.05) is 58.3 Å². The summed E-state index contributed by atoms with van der Waals surface area (Å²) in [5.74, 6) is 1.19. The van der Waals surface area contributed by atoms with Gasteiger partial charge in [-0.3, -0.25) is 19.5 Å². The fourth-order valence-corrected chi connectivity index (χ4v) is 3.13. The van der Waals surface area contributed by atoms with E-state index in [4.69, 9.17) is 0 Å². The first kappa shape index (κ1) is 18.9. The molecule has 0 bridgehead atoms. The largest absolute Gasteiger partial charge is 0.356 e. The Morgan fingerprint density at radius 3 is 2.15 bits per heavy atom. The minimum Gasteiger partial charge on any atom is -0.356 e. The summed E-state index contributed by atoms with van der Waals surface area (Å²) in [6.45, 7) is 4.68. The molecule has 8 heteroatoms. The van der Waals surface area contributed by atoms with Crippen LogP contribution in [0.15, 0.2) is 4.99 Å². The Kier molecular flexibility index (Phi) is 6.71. The second kappa shape index (κ2) is 9.21. The molecule has 26 heavy (non-hydrogen) atoms. The standard InChI is InChI=1S/C18H32N6O2/c1-19-18(20-8-2-3-16(25)21-14-4-5-14)24-11-9-23(10-12-24)13-17(26)22-15-6-7-15/h14-15H,2-13H2,1H3,(H,19,20)(H,21,25)(H,22,26). The van der Waals surface area contributed by atoms with Crippen LogP contribution in [0.4, 0.5) is 0 Å². The number of carbonyl (C=O) groups is 2. The summed E-state index contributed by atoms with van der Waals surface area (Å²) in [4.78, 5) is 32.4. The van der Waals surface area contributed by atoms with Crippen molar-refractivity contribution in [2.45, 2.75) is 50.6 Å². The van der Waals surface area contributed by atoms with Crippen LogP contribution in [-0.2, 0) is 9.59 Å². The molecule has 3 aliphatic rings. The van der Waals surface area contributed by atoms with Crippen LogP contribution in [-0.4, -0.2) is 86.0 Å². The minimum atomic E-state index is 0.146. The SMILES string of the molecule is CN=C(NCCCC(=O)NC1CC1)N1CCN(CC(=O)NC2CC2)CC1. The Morgan fingerprint density at radius 1 is 0.962 bits per heavy atom. The van der Waals surface area contributed by atoms with Crippen molar-refractivity contribution < 1.29 is 9.59 Å². The fourth-order valence-electron chi connectivity index (χ4n) is 3.13. The predicted octanol–water partition coefficient (Wildman–Crippen LogP) is -0.483. The lowest BCUT2D eigenvalue weighted by Crippen LogP contribution is -2.54. The van der Waals surface area contributed by atoms with Gasteiger partial charge in [-0.2, -0.15) is 0 Å². The molecule has 0 unspecified atom stereocenters. The van der Waals surface area contributed by atoms with Gasteiger partial charge in [-0.05, 0) is 32.1 Å². The van der Waals surface area contributed by atoms with E-state index in [-0.39, 0.29) is 11.8 Å². The number of nitrogens with zero attached hydrogens (tertiary/aromatic N) is 3. The zero-order valence-corrected chi connectivity index (χ0v) is 15.8. The lowest BCUT2D eigenvalue weighted by atomic mass is 10.3. The fraction of sp³-hybridized carbons (Fsp3) is 0.833. The monoisotopic (exact) mass is 364 g/mol. The van der Waals surface area contributed by atoms with Crippen LogP contribution in [0, 0.1) is 0 Å². The first-order valence-electron chi connectivity index (χ1n) is 9.90. The van der Waals surface area contributed by atoms with Gasteiger partial charge in [-0.25, -0.2) is 0 Å². The first-order valence-corrected chi connectivity index (χ1v) is 9.90. The van der Waals surface area contributed by atoms with Crippen molar-refractivity contribution in [1.82, 2.24) is 25.8 Å². The van der Waals surface area contributed by atoms with Crippen LogP contribution in [0.1, 0.15) is 38.5 Å². The predicted molar refractivity (Wildman–Crippen MR) is 101 cm³/mol. The van der Waals surface area contributed by atoms with E-state index < -0.39 is 0 Å². The smallest absolute Gasteiger partial charge is 0.234 e. The molecule has 0 aromatic carbocycles. The summed E-state index contributed by atoms with van der Waals surface area (Å²) >= 11 is 0. The van der Waals surface area contributed by atoms with E-state index in [0.717, 1.165) is 70.8 Å². The van der Waals surface area contributed by atoms with Gasteiger partial charge < -0.3 is 20.9 Å². The molecule has 3 fully saturated rings. The quantitative estimate of drug-likeness (QED) is 0.307. The molecule has 0 radical (unpaired) electrons. The molecule has 0 aromatic heterocycles. The van der Waals surface area contributed by atoms with Crippen LogP contribution in [0.5, 0.6) is 0 Å². The Labute approximate surface area is 155 Å². The molecular formula is C18H32N6O2. The molecule has 0 spiro atoms. The van der Waals surface area contributed by atoms with E-state index >= 15 is 0 Å². The molecule has 1 saturated heterocycles. The van der Waals surface area contributed by atoms with Crippen LogP contribution in [0.25, 0.3) is 0 Å².